The molecule has 2 rings (SSSR count). The molecule has 0 aromatic heterocycles. The molecule has 1 aromatic carbocycles. The molecule has 1 aromatic rings. The van der Waals surface area contributed by atoms with Gasteiger partial charge in [0.2, 0.25) is 11.8 Å². The van der Waals surface area contributed by atoms with Crippen LogP contribution < -0.4 is 10.6 Å². The fourth-order valence-corrected chi connectivity index (χ4v) is 3.89. The number of carbonyl (C=O) groups is 2. The van der Waals surface area contributed by atoms with Crippen LogP contribution in [0.15, 0.2) is 40.9 Å². The number of rotatable bonds is 6. The van der Waals surface area contributed by atoms with Crippen molar-refractivity contribution in [1.29, 1.82) is 10.5 Å². The van der Waals surface area contributed by atoms with E-state index in [0.29, 0.717) is 17.1 Å². The van der Waals surface area contributed by atoms with E-state index < -0.39 is 17.2 Å². The van der Waals surface area contributed by atoms with Crippen molar-refractivity contribution in [2.24, 2.45) is 11.3 Å². The van der Waals surface area contributed by atoms with Crippen LogP contribution in [-0.4, -0.2) is 24.1 Å². The summed E-state index contributed by atoms with van der Waals surface area (Å²) in [6.07, 6.45) is 0. The predicted molar refractivity (Wildman–Crippen MR) is 104 cm³/mol. The molecule has 7 heteroatoms. The zero-order valence-electron chi connectivity index (χ0n) is 15.6. The largest absolute Gasteiger partial charge is 0.355 e. The van der Waals surface area contributed by atoms with Gasteiger partial charge in [0.25, 0.3) is 0 Å². The Balaban J connectivity index is 1.98. The highest BCUT2D eigenvalue weighted by atomic mass is 32.2. The van der Waals surface area contributed by atoms with E-state index in [1.165, 1.54) is 0 Å². The van der Waals surface area contributed by atoms with Gasteiger partial charge in [-0.05, 0) is 11.5 Å². The molecule has 0 saturated heterocycles. The highest BCUT2D eigenvalue weighted by molar-refractivity contribution is 8.03. The first-order valence-corrected chi connectivity index (χ1v) is 9.59. The van der Waals surface area contributed by atoms with Gasteiger partial charge in [-0.25, -0.2) is 0 Å². The van der Waals surface area contributed by atoms with Crippen LogP contribution in [0.3, 0.4) is 0 Å². The second-order valence-corrected chi connectivity index (χ2v) is 7.98. The summed E-state index contributed by atoms with van der Waals surface area (Å²) in [4.78, 5) is 24.3. The topological polar surface area (TPSA) is 106 Å². The van der Waals surface area contributed by atoms with Crippen molar-refractivity contribution in [1.82, 2.24) is 10.6 Å². The smallest absolute Gasteiger partial charge is 0.243 e. The van der Waals surface area contributed by atoms with E-state index in [-0.39, 0.29) is 17.6 Å². The van der Waals surface area contributed by atoms with Crippen molar-refractivity contribution in [3.63, 3.8) is 0 Å². The van der Waals surface area contributed by atoms with Crippen LogP contribution in [0.2, 0.25) is 0 Å². The number of nitrogens with one attached hydrogen (secondary N) is 2. The Hall–Kier alpha value is -2.77. The Morgan fingerprint density at radius 1 is 1.33 bits per heavy atom. The predicted octanol–water partition coefficient (Wildman–Crippen LogP) is 2.67. The molecule has 1 aliphatic rings. The van der Waals surface area contributed by atoms with Gasteiger partial charge in [-0.15, -0.1) is 0 Å². The maximum absolute atomic E-state index is 12.2. The number of amides is 2. The van der Waals surface area contributed by atoms with Gasteiger partial charge in [0.05, 0.1) is 28.5 Å². The number of hydrogen-bond donors (Lipinski definition) is 2. The van der Waals surface area contributed by atoms with Crippen LogP contribution in [0.5, 0.6) is 0 Å². The van der Waals surface area contributed by atoms with Gasteiger partial charge in [-0.2, -0.15) is 10.5 Å². The second kappa shape index (κ2) is 8.75. The zero-order valence-corrected chi connectivity index (χ0v) is 16.4. The maximum Gasteiger partial charge on any atom is 0.243 e. The molecule has 1 heterocycles. The zero-order chi connectivity index (χ0) is 20.0. The van der Waals surface area contributed by atoms with Gasteiger partial charge >= 0.3 is 0 Å². The van der Waals surface area contributed by atoms with E-state index >= 15 is 0 Å². The van der Waals surface area contributed by atoms with Crippen molar-refractivity contribution < 1.29 is 9.59 Å². The maximum atomic E-state index is 12.2. The number of hydrogen-bond acceptors (Lipinski definition) is 5. The molecular weight excluding hydrogens is 360 g/mol. The molecule has 0 radical (unpaired) electrons. The monoisotopic (exact) mass is 382 g/mol. The summed E-state index contributed by atoms with van der Waals surface area (Å²) in [5, 5.41) is 24.5. The third-order valence-corrected chi connectivity index (χ3v) is 5.66. The molecule has 2 atom stereocenters. The normalized spacial score (nSPS) is 19.4. The van der Waals surface area contributed by atoms with Crippen molar-refractivity contribution in [3.05, 3.63) is 46.5 Å². The van der Waals surface area contributed by atoms with E-state index in [1.807, 2.05) is 43.3 Å². The minimum absolute atomic E-state index is 0.0790. The van der Waals surface area contributed by atoms with Crippen LogP contribution in [0.1, 0.15) is 32.3 Å². The van der Waals surface area contributed by atoms with E-state index in [9.17, 15) is 20.1 Å². The molecule has 2 N–H and O–H groups in total. The number of nitriles is 2. The van der Waals surface area contributed by atoms with Gasteiger partial charge in [0.15, 0.2) is 0 Å². The molecule has 0 fully saturated rings. The van der Waals surface area contributed by atoms with Gasteiger partial charge in [-0.3, -0.25) is 9.59 Å². The van der Waals surface area contributed by atoms with Crippen molar-refractivity contribution in [2.75, 3.05) is 12.3 Å². The van der Waals surface area contributed by atoms with Crippen molar-refractivity contribution in [3.8, 4) is 12.1 Å². The van der Waals surface area contributed by atoms with Crippen molar-refractivity contribution in [2.45, 2.75) is 26.7 Å². The Labute approximate surface area is 163 Å². The minimum Gasteiger partial charge on any atom is -0.355 e. The molecule has 6 nitrogen and oxygen atoms in total. The Morgan fingerprint density at radius 2 is 2.00 bits per heavy atom. The van der Waals surface area contributed by atoms with Gasteiger partial charge in [0, 0.05) is 12.0 Å². The first kappa shape index (κ1) is 20.5. The van der Waals surface area contributed by atoms with Gasteiger partial charge in [-0.1, -0.05) is 62.9 Å². The minimum atomic E-state index is -0.933. The number of allylic oxidation sites excluding steroid dienone is 1. The fraction of sp³-hybridized carbons (Fsp3) is 0.400. The fourth-order valence-electron chi connectivity index (χ4n) is 2.89. The summed E-state index contributed by atoms with van der Waals surface area (Å²) in [5.41, 5.74) is 0.569. The molecule has 0 saturated carbocycles. The first-order valence-electron chi connectivity index (χ1n) is 8.61. The molecule has 27 heavy (non-hydrogen) atoms. The summed E-state index contributed by atoms with van der Waals surface area (Å²) in [6.45, 7) is 5.92. The van der Waals surface area contributed by atoms with Crippen molar-refractivity contribution >= 4 is 23.6 Å². The van der Waals surface area contributed by atoms with Crippen LogP contribution in [-0.2, 0) is 9.59 Å². The lowest BCUT2D eigenvalue weighted by atomic mass is 9.72. The highest BCUT2D eigenvalue weighted by Crippen LogP contribution is 2.41. The summed E-state index contributed by atoms with van der Waals surface area (Å²) < 4.78 is 0. The van der Waals surface area contributed by atoms with Crippen LogP contribution in [0, 0.1) is 34.0 Å². The van der Waals surface area contributed by atoms with Gasteiger partial charge in [0.1, 0.15) is 5.92 Å². The number of thioether (sulfide) groups is 1. The Bertz CT molecular complexity index is 834. The molecule has 2 amide bonds. The standard InChI is InChI=1S/C20H22N4O2S/c1-13(14-7-5-4-6-8-14)11-23-17(25)12-27-19-16(10-22)20(2,3)15(9-21)18(26)24-19/h4-8,13,15H,11-12H2,1-3H3,(H,23,25)(H,24,26)/t13-,15-/m0/s1. The average molecular weight is 382 g/mol. The third kappa shape index (κ3) is 4.69. The number of nitrogens with zero attached hydrogens (tertiary/aromatic N) is 2. The third-order valence-electron chi connectivity index (χ3n) is 4.65. The van der Waals surface area contributed by atoms with Gasteiger partial charge < -0.3 is 10.6 Å². The summed E-state index contributed by atoms with van der Waals surface area (Å²) in [6, 6.07) is 13.9. The second-order valence-electron chi connectivity index (χ2n) is 6.99. The van der Waals surface area contributed by atoms with E-state index in [4.69, 9.17) is 0 Å². The van der Waals surface area contributed by atoms with Crippen LogP contribution in [0.25, 0.3) is 0 Å². The molecular formula is C20H22N4O2S. The summed E-state index contributed by atoms with van der Waals surface area (Å²) >= 11 is 1.11. The molecule has 1 aliphatic heterocycles. The SMILES string of the molecule is C[C@@H](CNC(=O)CSC1=C(C#N)C(C)(C)[C@@H](C#N)C(=O)N1)c1ccccc1. The molecule has 0 spiro atoms. The van der Waals surface area contributed by atoms with Crippen LogP contribution in [0.4, 0.5) is 0 Å². The summed E-state index contributed by atoms with van der Waals surface area (Å²) in [5.74, 6) is -1.30. The number of benzene rings is 1. The highest BCUT2D eigenvalue weighted by Gasteiger charge is 2.44. The lowest BCUT2D eigenvalue weighted by Crippen LogP contribution is -2.44. The quantitative estimate of drug-likeness (QED) is 0.787. The molecule has 0 aliphatic carbocycles. The van der Waals surface area contributed by atoms with E-state index in [0.717, 1.165) is 17.3 Å². The average Bonchev–Trinajstić information content (AvgIpc) is 2.64. The molecule has 0 unspecified atom stereocenters. The van der Waals surface area contributed by atoms with Crippen LogP contribution >= 0.6 is 11.8 Å². The molecule has 0 bridgehead atoms. The lowest BCUT2D eigenvalue weighted by Gasteiger charge is -2.34. The van der Waals surface area contributed by atoms with E-state index in [2.05, 4.69) is 16.7 Å². The molecule has 140 valence electrons. The summed E-state index contributed by atoms with van der Waals surface area (Å²) in [7, 11) is 0. The Kier molecular flexibility index (Phi) is 6.65. The van der Waals surface area contributed by atoms with E-state index in [1.54, 1.807) is 13.8 Å². The Morgan fingerprint density at radius 3 is 2.59 bits per heavy atom. The number of carbonyl (C=O) groups excluding carboxylic acids is 2. The lowest BCUT2D eigenvalue weighted by molar-refractivity contribution is -0.125. The first-order chi connectivity index (χ1) is 12.8.